The van der Waals surface area contributed by atoms with Gasteiger partial charge in [-0.25, -0.2) is 22.2 Å². The second-order valence-corrected chi connectivity index (χ2v) is 9.46. The lowest BCUT2D eigenvalue weighted by atomic mass is 10.1. The van der Waals surface area contributed by atoms with Crippen molar-refractivity contribution in [2.24, 2.45) is 0 Å². The molecule has 0 radical (unpaired) electrons. The molecule has 0 spiro atoms. The molecule has 0 aliphatic carbocycles. The molecule has 3 rings (SSSR count). The van der Waals surface area contributed by atoms with E-state index >= 15 is 0 Å². The van der Waals surface area contributed by atoms with Crippen molar-refractivity contribution >= 4 is 44.5 Å². The molecule has 33 heavy (non-hydrogen) atoms. The zero-order valence-corrected chi connectivity index (χ0v) is 19.9. The second-order valence-electron chi connectivity index (χ2n) is 7.40. The highest BCUT2D eigenvalue weighted by atomic mass is 35.5. The fourth-order valence-electron chi connectivity index (χ4n) is 3.07. The van der Waals surface area contributed by atoms with Gasteiger partial charge in [-0.2, -0.15) is 0 Å². The van der Waals surface area contributed by atoms with Gasteiger partial charge in [0.1, 0.15) is 22.3 Å². The Hall–Kier alpha value is -2.95. The Morgan fingerprint density at radius 3 is 2.52 bits per heavy atom. The third kappa shape index (κ3) is 6.10. The molecule has 176 valence electrons. The number of nitrogens with one attached hydrogen (secondary N) is 3. The number of halogens is 3. The highest BCUT2D eigenvalue weighted by Gasteiger charge is 2.22. The van der Waals surface area contributed by atoms with Crippen LogP contribution in [0.3, 0.4) is 0 Å². The minimum atomic E-state index is -4.34. The first-order chi connectivity index (χ1) is 15.6. The maximum Gasteiger partial charge on any atom is 0.266 e. The molecule has 0 aliphatic heterocycles. The van der Waals surface area contributed by atoms with Crippen LogP contribution < -0.4 is 20.3 Å². The number of aryl methyl sites for hydroxylation is 1. The first-order valence-corrected chi connectivity index (χ1v) is 11.8. The van der Waals surface area contributed by atoms with Gasteiger partial charge in [-0.05, 0) is 49.9 Å². The monoisotopic (exact) mass is 495 g/mol. The smallest absolute Gasteiger partial charge is 0.266 e. The van der Waals surface area contributed by atoms with Gasteiger partial charge in [0.2, 0.25) is 0 Å². The van der Waals surface area contributed by atoms with Crippen LogP contribution in [0.2, 0.25) is 5.02 Å². The third-order valence-electron chi connectivity index (χ3n) is 4.81. The van der Waals surface area contributed by atoms with E-state index in [0.29, 0.717) is 5.69 Å². The summed E-state index contributed by atoms with van der Waals surface area (Å²) in [6.45, 7) is 3.47. The number of hydrogen-bond acceptors (Lipinski definition) is 6. The Bertz CT molecular complexity index is 1240. The van der Waals surface area contributed by atoms with E-state index in [0.717, 1.165) is 54.8 Å². The van der Waals surface area contributed by atoms with Gasteiger partial charge in [0.05, 0.1) is 28.3 Å². The number of hydrogen-bond donors (Lipinski definition) is 3. The van der Waals surface area contributed by atoms with Gasteiger partial charge in [0.25, 0.3) is 10.0 Å². The molecule has 0 saturated heterocycles. The van der Waals surface area contributed by atoms with E-state index in [4.69, 9.17) is 11.6 Å². The van der Waals surface area contributed by atoms with Crippen molar-refractivity contribution in [3.63, 3.8) is 0 Å². The van der Waals surface area contributed by atoms with Crippen molar-refractivity contribution < 1.29 is 17.2 Å². The lowest BCUT2D eigenvalue weighted by Gasteiger charge is -2.24. The molecule has 0 amide bonds. The number of rotatable bonds is 9. The van der Waals surface area contributed by atoms with Crippen LogP contribution in [0.5, 0.6) is 0 Å². The van der Waals surface area contributed by atoms with Crippen molar-refractivity contribution in [2.45, 2.75) is 11.8 Å². The highest BCUT2D eigenvalue weighted by Crippen LogP contribution is 2.35. The minimum absolute atomic E-state index is 0.00763. The molecule has 0 fully saturated rings. The fraction of sp³-hybridized carbons (Fsp3) is 0.227. The van der Waals surface area contributed by atoms with E-state index in [1.807, 2.05) is 44.1 Å². The number of aromatic nitrogens is 1. The summed E-state index contributed by atoms with van der Waals surface area (Å²) in [7, 11) is -0.545. The Labute approximate surface area is 196 Å². The Balaban J connectivity index is 1.90. The summed E-state index contributed by atoms with van der Waals surface area (Å²) in [5, 5.41) is 6.20. The standard InChI is InChI=1S/C22H24ClF2N5O2S/c1-14-4-6-18(20(10-14)30(3)9-8-26-2)28-19-12-17(25)21(11-16(19)23)33(31,32)29-22-7-5-15(24)13-27-22/h4-7,10-13,26,28H,8-9H2,1-3H3,(H,27,29). The maximum absolute atomic E-state index is 14.9. The normalized spacial score (nSPS) is 11.3. The van der Waals surface area contributed by atoms with Gasteiger partial charge in [0.15, 0.2) is 0 Å². The molecule has 11 heteroatoms. The van der Waals surface area contributed by atoms with E-state index in [2.05, 4.69) is 20.3 Å². The quantitative estimate of drug-likeness (QED) is 0.404. The lowest BCUT2D eigenvalue weighted by molar-refractivity contribution is 0.570. The highest BCUT2D eigenvalue weighted by molar-refractivity contribution is 7.92. The Kier molecular flexibility index (Phi) is 7.72. The van der Waals surface area contributed by atoms with Crippen LogP contribution in [0, 0.1) is 18.6 Å². The third-order valence-corrected chi connectivity index (χ3v) is 6.49. The first kappa shape index (κ1) is 24.7. The van der Waals surface area contributed by atoms with Crippen LogP contribution >= 0.6 is 11.6 Å². The summed E-state index contributed by atoms with van der Waals surface area (Å²) in [6.07, 6.45) is 0.848. The lowest BCUT2D eigenvalue weighted by Crippen LogP contribution is -2.27. The molecule has 0 aliphatic rings. The largest absolute Gasteiger partial charge is 0.372 e. The molecule has 3 aromatic rings. The minimum Gasteiger partial charge on any atom is -0.372 e. The van der Waals surface area contributed by atoms with E-state index in [1.165, 1.54) is 0 Å². The molecular weight excluding hydrogens is 472 g/mol. The fourth-order valence-corrected chi connectivity index (χ4v) is 4.44. The van der Waals surface area contributed by atoms with Gasteiger partial charge in [-0.15, -0.1) is 0 Å². The molecule has 2 aromatic carbocycles. The molecule has 3 N–H and O–H groups in total. The van der Waals surface area contributed by atoms with Crippen LogP contribution in [-0.4, -0.2) is 40.6 Å². The van der Waals surface area contributed by atoms with Crippen molar-refractivity contribution in [3.8, 4) is 0 Å². The van der Waals surface area contributed by atoms with Crippen molar-refractivity contribution in [3.05, 3.63) is 70.9 Å². The number of sulfonamides is 1. The summed E-state index contributed by atoms with van der Waals surface area (Å²) < 4.78 is 55.3. The predicted octanol–water partition coefficient (Wildman–Crippen LogP) is 4.52. The van der Waals surface area contributed by atoms with E-state index in [9.17, 15) is 17.2 Å². The summed E-state index contributed by atoms with van der Waals surface area (Å²) in [6, 6.07) is 9.94. The summed E-state index contributed by atoms with van der Waals surface area (Å²) in [5.41, 5.74) is 2.82. The van der Waals surface area contributed by atoms with Crippen molar-refractivity contribution in [2.75, 3.05) is 42.1 Å². The molecule has 1 heterocycles. The van der Waals surface area contributed by atoms with Gasteiger partial charge in [-0.1, -0.05) is 17.7 Å². The Morgan fingerprint density at radius 2 is 1.85 bits per heavy atom. The molecule has 1 aromatic heterocycles. The SMILES string of the molecule is CNCCN(C)c1cc(C)ccc1Nc1cc(F)c(S(=O)(=O)Nc2ccc(F)cn2)cc1Cl. The van der Waals surface area contributed by atoms with Crippen LogP contribution in [-0.2, 0) is 10.0 Å². The average Bonchev–Trinajstić information content (AvgIpc) is 2.76. The maximum atomic E-state index is 14.9. The number of nitrogens with zero attached hydrogens (tertiary/aromatic N) is 2. The molecule has 0 unspecified atom stereocenters. The van der Waals surface area contributed by atoms with Gasteiger partial charge < -0.3 is 15.5 Å². The zero-order valence-electron chi connectivity index (χ0n) is 18.3. The van der Waals surface area contributed by atoms with Gasteiger partial charge in [-0.3, -0.25) is 4.72 Å². The molecule has 0 atom stereocenters. The second kappa shape index (κ2) is 10.3. The first-order valence-electron chi connectivity index (χ1n) is 9.97. The van der Waals surface area contributed by atoms with Gasteiger partial charge in [0, 0.05) is 26.2 Å². The van der Waals surface area contributed by atoms with Crippen molar-refractivity contribution in [1.29, 1.82) is 0 Å². The van der Waals surface area contributed by atoms with E-state index in [1.54, 1.807) is 0 Å². The summed E-state index contributed by atoms with van der Waals surface area (Å²) in [5.74, 6) is -1.79. The van der Waals surface area contributed by atoms with Crippen LogP contribution in [0.15, 0.2) is 53.6 Å². The zero-order chi connectivity index (χ0) is 24.2. The topological polar surface area (TPSA) is 86.4 Å². The predicted molar refractivity (Wildman–Crippen MR) is 128 cm³/mol. The van der Waals surface area contributed by atoms with Crippen LogP contribution in [0.4, 0.5) is 31.7 Å². The van der Waals surface area contributed by atoms with Crippen LogP contribution in [0.1, 0.15) is 5.56 Å². The van der Waals surface area contributed by atoms with Crippen molar-refractivity contribution in [1.82, 2.24) is 10.3 Å². The molecule has 7 nitrogen and oxygen atoms in total. The molecule has 0 saturated carbocycles. The van der Waals surface area contributed by atoms with Gasteiger partial charge >= 0.3 is 0 Å². The molecule has 0 bridgehead atoms. The summed E-state index contributed by atoms with van der Waals surface area (Å²) in [4.78, 5) is 5.01. The Morgan fingerprint density at radius 1 is 1.09 bits per heavy atom. The summed E-state index contributed by atoms with van der Waals surface area (Å²) >= 11 is 6.32. The molecular formula is C22H24ClF2N5O2S. The number of pyridine rings is 1. The van der Waals surface area contributed by atoms with E-state index < -0.39 is 26.6 Å². The number of anilines is 4. The average molecular weight is 496 g/mol. The van der Waals surface area contributed by atoms with E-state index in [-0.39, 0.29) is 16.5 Å². The van der Waals surface area contributed by atoms with Crippen LogP contribution in [0.25, 0.3) is 0 Å². The number of likely N-dealkylation sites (N-methyl/N-ethyl adjacent to an activating group) is 2. The number of benzene rings is 2.